The van der Waals surface area contributed by atoms with Gasteiger partial charge < -0.3 is 5.73 Å². The standard InChI is InChI=1S/C14H14N4/c1-10(15)11-6-2-4-8-13(11)18-14-9-5-3-7-12(14)16-17-18/h2-10H,15H2,1H3/t10-/m0/s1. The minimum Gasteiger partial charge on any atom is -0.324 e. The molecule has 0 radical (unpaired) electrons. The van der Waals surface area contributed by atoms with E-state index in [1.165, 1.54) is 0 Å². The quantitative estimate of drug-likeness (QED) is 0.746. The lowest BCUT2D eigenvalue weighted by Crippen LogP contribution is -2.10. The molecule has 0 aliphatic heterocycles. The highest BCUT2D eigenvalue weighted by atomic mass is 15.4. The van der Waals surface area contributed by atoms with Crippen molar-refractivity contribution in [1.29, 1.82) is 0 Å². The van der Waals surface area contributed by atoms with E-state index < -0.39 is 0 Å². The molecule has 0 amide bonds. The van der Waals surface area contributed by atoms with Crippen LogP contribution in [0.15, 0.2) is 48.5 Å². The molecule has 2 N–H and O–H groups in total. The van der Waals surface area contributed by atoms with Crippen LogP contribution >= 0.6 is 0 Å². The number of para-hydroxylation sites is 2. The zero-order chi connectivity index (χ0) is 12.5. The number of benzene rings is 2. The molecule has 1 atom stereocenters. The van der Waals surface area contributed by atoms with Crippen LogP contribution in [0.5, 0.6) is 0 Å². The molecule has 0 aliphatic carbocycles. The summed E-state index contributed by atoms with van der Waals surface area (Å²) >= 11 is 0. The number of fused-ring (bicyclic) bond motifs is 1. The highest BCUT2D eigenvalue weighted by molar-refractivity contribution is 5.76. The van der Waals surface area contributed by atoms with Crippen molar-refractivity contribution in [3.63, 3.8) is 0 Å². The zero-order valence-corrected chi connectivity index (χ0v) is 10.1. The minimum atomic E-state index is -0.0378. The van der Waals surface area contributed by atoms with Crippen molar-refractivity contribution in [2.45, 2.75) is 13.0 Å². The van der Waals surface area contributed by atoms with Gasteiger partial charge >= 0.3 is 0 Å². The molecule has 0 unspecified atom stereocenters. The van der Waals surface area contributed by atoms with Gasteiger partial charge in [0.25, 0.3) is 0 Å². The van der Waals surface area contributed by atoms with Crippen molar-refractivity contribution >= 4 is 11.0 Å². The molecule has 0 spiro atoms. The molecule has 2 aromatic carbocycles. The Hall–Kier alpha value is -2.20. The fraction of sp³-hybridized carbons (Fsp3) is 0.143. The van der Waals surface area contributed by atoms with Gasteiger partial charge in [-0.05, 0) is 30.7 Å². The summed E-state index contributed by atoms with van der Waals surface area (Å²) < 4.78 is 1.84. The maximum Gasteiger partial charge on any atom is 0.113 e. The fourth-order valence-electron chi connectivity index (χ4n) is 2.11. The average Bonchev–Trinajstić information content (AvgIpc) is 2.82. The number of nitrogens with two attached hydrogens (primary N) is 1. The van der Waals surface area contributed by atoms with E-state index in [0.29, 0.717) is 0 Å². The highest BCUT2D eigenvalue weighted by Crippen LogP contribution is 2.22. The van der Waals surface area contributed by atoms with Gasteiger partial charge in [0.15, 0.2) is 0 Å². The first-order valence-electron chi connectivity index (χ1n) is 5.92. The first kappa shape index (κ1) is 10.9. The molecule has 18 heavy (non-hydrogen) atoms. The van der Waals surface area contributed by atoms with E-state index in [1.54, 1.807) is 0 Å². The molecule has 4 heteroatoms. The number of aromatic nitrogens is 3. The molecule has 0 fully saturated rings. The smallest absolute Gasteiger partial charge is 0.113 e. The first-order chi connectivity index (χ1) is 8.77. The van der Waals surface area contributed by atoms with Crippen molar-refractivity contribution < 1.29 is 0 Å². The van der Waals surface area contributed by atoms with Gasteiger partial charge in [0, 0.05) is 6.04 Å². The van der Waals surface area contributed by atoms with Gasteiger partial charge in [-0.1, -0.05) is 35.5 Å². The predicted octanol–water partition coefficient (Wildman–Crippen LogP) is 2.44. The van der Waals surface area contributed by atoms with Gasteiger partial charge in [-0.15, -0.1) is 5.10 Å². The largest absolute Gasteiger partial charge is 0.324 e. The van der Waals surface area contributed by atoms with E-state index in [9.17, 15) is 0 Å². The van der Waals surface area contributed by atoms with E-state index in [0.717, 1.165) is 22.3 Å². The monoisotopic (exact) mass is 238 g/mol. The Labute approximate surface area is 105 Å². The van der Waals surface area contributed by atoms with Gasteiger partial charge in [0.1, 0.15) is 5.52 Å². The molecule has 90 valence electrons. The summed E-state index contributed by atoms with van der Waals surface area (Å²) in [4.78, 5) is 0. The highest BCUT2D eigenvalue weighted by Gasteiger charge is 2.11. The Balaban J connectivity index is 2.27. The van der Waals surface area contributed by atoms with Gasteiger partial charge in [0.2, 0.25) is 0 Å². The maximum atomic E-state index is 6.00. The van der Waals surface area contributed by atoms with Crippen molar-refractivity contribution in [2.24, 2.45) is 5.73 Å². The molecule has 4 nitrogen and oxygen atoms in total. The lowest BCUT2D eigenvalue weighted by molar-refractivity contribution is 0.767. The minimum absolute atomic E-state index is 0.0378. The molecular formula is C14H14N4. The molecule has 3 rings (SSSR count). The fourth-order valence-corrected chi connectivity index (χ4v) is 2.11. The van der Waals surface area contributed by atoms with Crippen LogP contribution in [0.2, 0.25) is 0 Å². The third-order valence-corrected chi connectivity index (χ3v) is 3.01. The molecule has 0 saturated heterocycles. The topological polar surface area (TPSA) is 56.7 Å². The Morgan fingerprint density at radius 1 is 1.06 bits per heavy atom. The molecular weight excluding hydrogens is 224 g/mol. The van der Waals surface area contributed by atoms with Crippen molar-refractivity contribution in [1.82, 2.24) is 15.0 Å². The summed E-state index contributed by atoms with van der Waals surface area (Å²) in [5.41, 5.74) is 9.93. The summed E-state index contributed by atoms with van der Waals surface area (Å²) in [6, 6.07) is 15.9. The SMILES string of the molecule is C[C@H](N)c1ccccc1-n1nnc2ccccc21. The Bertz CT molecular complexity index is 685. The summed E-state index contributed by atoms with van der Waals surface area (Å²) in [5.74, 6) is 0. The van der Waals surface area contributed by atoms with Gasteiger partial charge in [-0.2, -0.15) is 0 Å². The van der Waals surface area contributed by atoms with Crippen LogP contribution in [-0.2, 0) is 0 Å². The predicted molar refractivity (Wildman–Crippen MR) is 71.5 cm³/mol. The maximum absolute atomic E-state index is 6.00. The van der Waals surface area contributed by atoms with Crippen LogP contribution in [0.1, 0.15) is 18.5 Å². The van der Waals surface area contributed by atoms with Crippen LogP contribution in [-0.4, -0.2) is 15.0 Å². The van der Waals surface area contributed by atoms with Crippen LogP contribution in [0.3, 0.4) is 0 Å². The summed E-state index contributed by atoms with van der Waals surface area (Å²) in [5, 5.41) is 8.39. The van der Waals surface area contributed by atoms with E-state index >= 15 is 0 Å². The zero-order valence-electron chi connectivity index (χ0n) is 10.1. The van der Waals surface area contributed by atoms with E-state index in [2.05, 4.69) is 10.3 Å². The summed E-state index contributed by atoms with van der Waals surface area (Å²) in [6.07, 6.45) is 0. The van der Waals surface area contributed by atoms with Crippen LogP contribution < -0.4 is 5.73 Å². The van der Waals surface area contributed by atoms with Crippen molar-refractivity contribution in [3.8, 4) is 5.69 Å². The first-order valence-corrected chi connectivity index (χ1v) is 5.92. The second-order valence-electron chi connectivity index (χ2n) is 4.34. The third-order valence-electron chi connectivity index (χ3n) is 3.01. The van der Waals surface area contributed by atoms with Crippen LogP contribution in [0, 0.1) is 0 Å². The van der Waals surface area contributed by atoms with E-state index in [4.69, 9.17) is 5.73 Å². The van der Waals surface area contributed by atoms with Crippen LogP contribution in [0.25, 0.3) is 16.7 Å². The lowest BCUT2D eigenvalue weighted by Gasteiger charge is -2.12. The summed E-state index contributed by atoms with van der Waals surface area (Å²) in [6.45, 7) is 1.97. The third kappa shape index (κ3) is 1.67. The second-order valence-corrected chi connectivity index (χ2v) is 4.34. The van der Waals surface area contributed by atoms with Crippen molar-refractivity contribution in [2.75, 3.05) is 0 Å². The van der Waals surface area contributed by atoms with Gasteiger partial charge in [0.05, 0.1) is 11.2 Å². The molecule has 1 aromatic heterocycles. The Morgan fingerprint density at radius 3 is 2.61 bits per heavy atom. The number of rotatable bonds is 2. The van der Waals surface area contributed by atoms with E-state index in [1.807, 2.05) is 60.1 Å². The summed E-state index contributed by atoms with van der Waals surface area (Å²) in [7, 11) is 0. The Kier molecular flexibility index (Phi) is 2.57. The number of nitrogens with zero attached hydrogens (tertiary/aromatic N) is 3. The van der Waals surface area contributed by atoms with Crippen LogP contribution in [0.4, 0.5) is 0 Å². The lowest BCUT2D eigenvalue weighted by atomic mass is 10.1. The van der Waals surface area contributed by atoms with Crippen molar-refractivity contribution in [3.05, 3.63) is 54.1 Å². The molecule has 0 bridgehead atoms. The molecule has 0 aliphatic rings. The number of hydrogen-bond donors (Lipinski definition) is 1. The van der Waals surface area contributed by atoms with Gasteiger partial charge in [-0.3, -0.25) is 0 Å². The second kappa shape index (κ2) is 4.23. The number of hydrogen-bond acceptors (Lipinski definition) is 3. The van der Waals surface area contributed by atoms with E-state index in [-0.39, 0.29) is 6.04 Å². The molecule has 3 aromatic rings. The Morgan fingerprint density at radius 2 is 1.78 bits per heavy atom. The van der Waals surface area contributed by atoms with Gasteiger partial charge in [-0.25, -0.2) is 4.68 Å². The molecule has 0 saturated carbocycles. The average molecular weight is 238 g/mol. The normalized spacial score (nSPS) is 12.8. The molecule has 1 heterocycles.